The van der Waals surface area contributed by atoms with Gasteiger partial charge in [-0.15, -0.1) is 6.42 Å². The number of hydrogen-bond acceptors (Lipinski definition) is 11. The molecule has 5 saturated heterocycles. The van der Waals surface area contributed by atoms with Gasteiger partial charge in [0, 0.05) is 73.9 Å². The number of nitrogens with one attached hydrogen (secondary N) is 1. The van der Waals surface area contributed by atoms with Gasteiger partial charge in [0.05, 0.1) is 47.3 Å². The minimum atomic E-state index is -0.950. The molecule has 0 spiro atoms. The van der Waals surface area contributed by atoms with Gasteiger partial charge in [-0.05, 0) is 61.9 Å². The van der Waals surface area contributed by atoms with Crippen LogP contribution in [0.2, 0.25) is 0 Å². The van der Waals surface area contributed by atoms with Crippen LogP contribution >= 0.6 is 0 Å². The van der Waals surface area contributed by atoms with E-state index in [1.165, 1.54) is 24.3 Å². The summed E-state index contributed by atoms with van der Waals surface area (Å²) in [4.78, 5) is 26.0. The first kappa shape index (κ1) is 35.2. The standard InChI is InChI=1S/C42H41F3N8O3/c1-2-31-33(44)7-4-24-15-30(54)16-32(34(24)31)38-36(45)39-35(37(48-38)25-14-29(19-46-18-25)51-10-12-55-13-11-51)40(52-21-27-5-6-28(22-52)47-27)50-41(49-39)56-23-42-8-3-9-53(42)20-26(43)17-42/h1,4,7,14-16,18-19,26-28,47,54H,3,5-6,8-13,17,20-23H2/t26-,27-,28+,42+/m1/s1. The Morgan fingerprint density at radius 1 is 0.964 bits per heavy atom. The largest absolute Gasteiger partial charge is 0.508 e. The van der Waals surface area contributed by atoms with E-state index in [9.17, 15) is 9.50 Å². The molecule has 0 aliphatic carbocycles. The molecule has 3 aromatic heterocycles. The van der Waals surface area contributed by atoms with Crippen molar-refractivity contribution >= 4 is 33.2 Å². The first-order valence-electron chi connectivity index (χ1n) is 19.4. The summed E-state index contributed by atoms with van der Waals surface area (Å²) in [7, 11) is 0. The molecule has 2 aromatic carbocycles. The number of anilines is 2. The van der Waals surface area contributed by atoms with Crippen molar-refractivity contribution in [2.75, 3.05) is 68.9 Å². The quantitative estimate of drug-likeness (QED) is 0.202. The summed E-state index contributed by atoms with van der Waals surface area (Å²) >= 11 is 0. The summed E-state index contributed by atoms with van der Waals surface area (Å²) in [5.41, 5.74) is 1.09. The fourth-order valence-corrected chi connectivity index (χ4v) is 9.74. The summed E-state index contributed by atoms with van der Waals surface area (Å²) in [5.74, 6) is 1.26. The van der Waals surface area contributed by atoms with E-state index in [0.717, 1.165) is 37.9 Å². The molecule has 4 atom stereocenters. The number of aromatic nitrogens is 4. The Bertz CT molecular complexity index is 2410. The van der Waals surface area contributed by atoms with Crippen molar-refractivity contribution in [3.63, 3.8) is 0 Å². The zero-order valence-electron chi connectivity index (χ0n) is 30.8. The average molecular weight is 763 g/mol. The van der Waals surface area contributed by atoms with Crippen LogP contribution in [0.4, 0.5) is 24.7 Å². The van der Waals surface area contributed by atoms with Crippen LogP contribution in [0.1, 0.15) is 37.7 Å². The summed E-state index contributed by atoms with van der Waals surface area (Å²) < 4.78 is 59.9. The van der Waals surface area contributed by atoms with Crippen molar-refractivity contribution in [3.05, 3.63) is 59.9 Å². The Morgan fingerprint density at radius 2 is 1.79 bits per heavy atom. The van der Waals surface area contributed by atoms with Crippen molar-refractivity contribution in [1.29, 1.82) is 0 Å². The third-order valence-corrected chi connectivity index (χ3v) is 12.3. The molecule has 0 unspecified atom stereocenters. The minimum absolute atomic E-state index is 0.0276. The van der Waals surface area contributed by atoms with Gasteiger partial charge in [-0.2, -0.15) is 9.97 Å². The van der Waals surface area contributed by atoms with Crippen LogP contribution in [0.25, 0.3) is 44.2 Å². The Kier molecular flexibility index (Phi) is 8.65. The lowest BCUT2D eigenvalue weighted by atomic mass is 9.95. The van der Waals surface area contributed by atoms with Crippen LogP contribution in [0, 0.1) is 24.0 Å². The summed E-state index contributed by atoms with van der Waals surface area (Å²) in [5, 5.41) is 15.6. The number of pyridine rings is 2. The number of morpholine rings is 1. The third kappa shape index (κ3) is 5.95. The molecule has 0 radical (unpaired) electrons. The van der Waals surface area contributed by atoms with Crippen LogP contribution < -0.4 is 19.9 Å². The molecule has 11 nitrogen and oxygen atoms in total. The van der Waals surface area contributed by atoms with Gasteiger partial charge in [0.25, 0.3) is 0 Å². The van der Waals surface area contributed by atoms with Gasteiger partial charge in [0.1, 0.15) is 41.4 Å². The zero-order valence-corrected chi connectivity index (χ0v) is 30.8. The van der Waals surface area contributed by atoms with E-state index < -0.39 is 23.3 Å². The maximum absolute atomic E-state index is 17.8. The lowest BCUT2D eigenvalue weighted by molar-refractivity contribution is 0.107. The molecular formula is C42H41F3N8O3. The molecule has 14 heteroatoms. The number of terminal acetylenes is 1. The number of ether oxygens (including phenoxy) is 2. The second-order valence-electron chi connectivity index (χ2n) is 15.8. The molecule has 0 amide bonds. The number of halogens is 3. The van der Waals surface area contributed by atoms with Gasteiger partial charge in [-0.25, -0.2) is 18.2 Å². The minimum Gasteiger partial charge on any atom is -0.508 e. The second-order valence-corrected chi connectivity index (χ2v) is 15.8. The lowest BCUT2D eigenvalue weighted by Gasteiger charge is -2.35. The number of rotatable bonds is 7. The molecular weight excluding hydrogens is 722 g/mol. The highest BCUT2D eigenvalue weighted by Crippen LogP contribution is 2.44. The number of phenols is 1. The molecule has 8 heterocycles. The normalized spacial score (nSPS) is 24.9. The van der Waals surface area contributed by atoms with Crippen LogP contribution in [-0.4, -0.2) is 113 Å². The van der Waals surface area contributed by atoms with Gasteiger partial charge < -0.3 is 29.7 Å². The summed E-state index contributed by atoms with van der Waals surface area (Å²) in [6, 6.07) is 7.90. The van der Waals surface area contributed by atoms with Crippen LogP contribution in [0.5, 0.6) is 11.8 Å². The van der Waals surface area contributed by atoms with E-state index in [-0.39, 0.29) is 58.2 Å². The molecule has 2 bridgehead atoms. The number of phenolic OH excluding ortho intramolecular Hbond substituents is 1. The van der Waals surface area contributed by atoms with E-state index in [1.54, 1.807) is 12.4 Å². The van der Waals surface area contributed by atoms with E-state index in [2.05, 4.69) is 30.9 Å². The van der Waals surface area contributed by atoms with Crippen molar-refractivity contribution < 1.29 is 27.8 Å². The first-order valence-corrected chi connectivity index (χ1v) is 19.4. The number of hydrogen-bond donors (Lipinski definition) is 2. The Morgan fingerprint density at radius 3 is 2.59 bits per heavy atom. The van der Waals surface area contributed by atoms with E-state index in [1.807, 2.05) is 6.07 Å². The van der Waals surface area contributed by atoms with Gasteiger partial charge in [0.2, 0.25) is 0 Å². The number of aromatic hydroxyl groups is 1. The van der Waals surface area contributed by atoms with Gasteiger partial charge in [0.15, 0.2) is 5.82 Å². The molecule has 2 N–H and O–H groups in total. The third-order valence-electron chi connectivity index (χ3n) is 12.3. The van der Waals surface area contributed by atoms with E-state index in [0.29, 0.717) is 80.2 Å². The fraction of sp³-hybridized carbons (Fsp3) is 0.429. The van der Waals surface area contributed by atoms with Crippen LogP contribution in [0.15, 0.2) is 42.7 Å². The summed E-state index contributed by atoms with van der Waals surface area (Å²) in [6.45, 7) is 5.04. The smallest absolute Gasteiger partial charge is 0.319 e. The Hall–Kier alpha value is -5.23. The molecule has 5 fully saturated rings. The van der Waals surface area contributed by atoms with Gasteiger partial charge >= 0.3 is 6.01 Å². The number of alkyl halides is 1. The molecule has 0 saturated carbocycles. The predicted molar refractivity (Wildman–Crippen MR) is 207 cm³/mol. The SMILES string of the molecule is C#Cc1c(F)ccc2cc(O)cc(-c3nc(-c4cncc(N5CCOCC5)c4)c4c(N5C[C@H]6CC[C@@H](C5)N6)nc(OC[C@@]56CCCN5C[C@H](F)C6)nc4c3F)c12. The highest BCUT2D eigenvalue weighted by atomic mass is 19.1. The summed E-state index contributed by atoms with van der Waals surface area (Å²) in [6.07, 6.45) is 12.4. The Balaban J connectivity index is 1.22. The van der Waals surface area contributed by atoms with Crippen molar-refractivity contribution in [2.45, 2.75) is 55.9 Å². The molecule has 5 aliphatic heterocycles. The number of fused-ring (bicyclic) bond motifs is 5. The molecule has 5 aromatic rings. The van der Waals surface area contributed by atoms with Crippen LogP contribution in [-0.2, 0) is 4.74 Å². The fourth-order valence-electron chi connectivity index (χ4n) is 9.74. The topological polar surface area (TPSA) is 112 Å². The van der Waals surface area contributed by atoms with Gasteiger partial charge in [-0.3, -0.25) is 9.88 Å². The first-order chi connectivity index (χ1) is 27.3. The lowest BCUT2D eigenvalue weighted by Crippen LogP contribution is -2.51. The molecule has 56 heavy (non-hydrogen) atoms. The average Bonchev–Trinajstić information content (AvgIpc) is 3.87. The van der Waals surface area contributed by atoms with Crippen LogP contribution in [0.3, 0.4) is 0 Å². The monoisotopic (exact) mass is 762 g/mol. The predicted octanol–water partition coefficient (Wildman–Crippen LogP) is 5.60. The Labute approximate surface area is 321 Å². The van der Waals surface area contributed by atoms with E-state index in [4.69, 9.17) is 30.8 Å². The maximum Gasteiger partial charge on any atom is 0.319 e. The maximum atomic E-state index is 17.8. The van der Waals surface area contributed by atoms with Crippen molar-refractivity contribution in [2.24, 2.45) is 0 Å². The highest BCUT2D eigenvalue weighted by molar-refractivity contribution is 6.06. The second kappa shape index (κ2) is 13.8. The zero-order chi connectivity index (χ0) is 38.1. The number of nitrogens with zero attached hydrogens (tertiary/aromatic N) is 7. The van der Waals surface area contributed by atoms with E-state index >= 15 is 8.78 Å². The molecule has 5 aliphatic rings. The molecule has 10 rings (SSSR count). The molecule has 288 valence electrons. The van der Waals surface area contributed by atoms with Crippen molar-refractivity contribution in [3.8, 4) is 46.6 Å². The van der Waals surface area contributed by atoms with Crippen molar-refractivity contribution in [1.82, 2.24) is 30.2 Å². The highest BCUT2D eigenvalue weighted by Gasteiger charge is 2.49. The van der Waals surface area contributed by atoms with Gasteiger partial charge in [-0.1, -0.05) is 12.0 Å². The number of piperazine rings is 1. The number of benzene rings is 2.